The van der Waals surface area contributed by atoms with Gasteiger partial charge in [0.05, 0.1) is 0 Å². The lowest BCUT2D eigenvalue weighted by molar-refractivity contribution is -0.117. The maximum Gasteiger partial charge on any atom is 0.251 e. The van der Waals surface area contributed by atoms with Gasteiger partial charge in [-0.15, -0.1) is 0 Å². The molecule has 0 radical (unpaired) electrons. The van der Waals surface area contributed by atoms with E-state index in [0.29, 0.717) is 12.5 Å². The fraction of sp³-hybridized carbons (Fsp3) is 0.417. The molecule has 4 heteroatoms. The standard InChI is InChI=1S/C24H30N2O2/c1-15(2)19-10-11-21(22(13-19)16(3)4)24(28)25-14-17-6-5-7-20(12-17)26-23(27)18-8-9-18/h5-7,10-13,15-16,18H,8-9,14H2,1-4H3,(H,25,28)(H,26,27). The highest BCUT2D eigenvalue weighted by atomic mass is 16.2. The van der Waals surface area contributed by atoms with Gasteiger partial charge in [-0.2, -0.15) is 0 Å². The number of anilines is 1. The summed E-state index contributed by atoms with van der Waals surface area (Å²) in [6, 6.07) is 13.8. The van der Waals surface area contributed by atoms with Crippen molar-refractivity contribution in [2.75, 3.05) is 5.32 Å². The number of carbonyl (C=O) groups excluding carboxylic acids is 2. The molecule has 0 bridgehead atoms. The minimum atomic E-state index is -0.0635. The zero-order chi connectivity index (χ0) is 20.3. The molecule has 0 spiro atoms. The molecule has 1 fully saturated rings. The van der Waals surface area contributed by atoms with Gasteiger partial charge >= 0.3 is 0 Å². The van der Waals surface area contributed by atoms with Crippen LogP contribution >= 0.6 is 0 Å². The van der Waals surface area contributed by atoms with Crippen molar-refractivity contribution in [3.8, 4) is 0 Å². The van der Waals surface area contributed by atoms with Crippen LogP contribution in [0.25, 0.3) is 0 Å². The number of carbonyl (C=O) groups is 2. The largest absolute Gasteiger partial charge is 0.348 e. The highest BCUT2D eigenvalue weighted by Gasteiger charge is 2.29. The fourth-order valence-electron chi connectivity index (χ4n) is 3.25. The minimum absolute atomic E-state index is 0.0635. The van der Waals surface area contributed by atoms with E-state index >= 15 is 0 Å². The van der Waals surface area contributed by atoms with Crippen molar-refractivity contribution in [2.24, 2.45) is 5.92 Å². The van der Waals surface area contributed by atoms with Crippen LogP contribution in [0.1, 0.15) is 79.4 Å². The van der Waals surface area contributed by atoms with Crippen molar-refractivity contribution in [1.82, 2.24) is 5.32 Å². The van der Waals surface area contributed by atoms with Crippen molar-refractivity contribution in [2.45, 2.75) is 58.9 Å². The molecule has 0 unspecified atom stereocenters. The van der Waals surface area contributed by atoms with Gasteiger partial charge in [-0.1, -0.05) is 52.0 Å². The predicted molar refractivity (Wildman–Crippen MR) is 114 cm³/mol. The molecular weight excluding hydrogens is 348 g/mol. The summed E-state index contributed by atoms with van der Waals surface area (Å²) in [6.07, 6.45) is 1.96. The van der Waals surface area contributed by atoms with E-state index in [1.54, 1.807) is 0 Å². The van der Waals surface area contributed by atoms with Crippen LogP contribution in [0.3, 0.4) is 0 Å². The van der Waals surface area contributed by atoms with Crippen LogP contribution in [0.5, 0.6) is 0 Å². The van der Waals surface area contributed by atoms with E-state index in [0.717, 1.165) is 35.2 Å². The molecule has 28 heavy (non-hydrogen) atoms. The molecule has 3 rings (SSSR count). The van der Waals surface area contributed by atoms with E-state index in [1.165, 1.54) is 5.56 Å². The number of amides is 2. The second-order valence-electron chi connectivity index (χ2n) is 8.30. The second-order valence-corrected chi connectivity index (χ2v) is 8.30. The molecule has 1 aliphatic rings. The molecule has 2 aromatic rings. The summed E-state index contributed by atoms with van der Waals surface area (Å²) in [5.74, 6) is 0.912. The molecule has 1 saturated carbocycles. The van der Waals surface area contributed by atoms with E-state index in [1.807, 2.05) is 36.4 Å². The van der Waals surface area contributed by atoms with Gasteiger partial charge in [0.1, 0.15) is 0 Å². The van der Waals surface area contributed by atoms with Gasteiger partial charge in [-0.3, -0.25) is 9.59 Å². The van der Waals surface area contributed by atoms with Gasteiger partial charge in [-0.25, -0.2) is 0 Å². The highest BCUT2D eigenvalue weighted by Crippen LogP contribution is 2.30. The third kappa shape index (κ3) is 5.00. The van der Waals surface area contributed by atoms with Crippen LogP contribution in [0, 0.1) is 5.92 Å². The molecule has 0 atom stereocenters. The Bertz CT molecular complexity index is 867. The van der Waals surface area contributed by atoms with Crippen molar-refractivity contribution in [3.05, 3.63) is 64.7 Å². The Labute approximate surface area is 167 Å². The zero-order valence-electron chi connectivity index (χ0n) is 17.2. The highest BCUT2D eigenvalue weighted by molar-refractivity contribution is 5.96. The van der Waals surface area contributed by atoms with Gasteiger partial charge in [0, 0.05) is 23.7 Å². The first kappa shape index (κ1) is 20.1. The molecule has 0 saturated heterocycles. The molecule has 0 aromatic heterocycles. The molecule has 0 heterocycles. The van der Waals surface area contributed by atoms with Crippen LogP contribution in [0.15, 0.2) is 42.5 Å². The summed E-state index contributed by atoms with van der Waals surface area (Å²) < 4.78 is 0. The first-order valence-electron chi connectivity index (χ1n) is 10.2. The van der Waals surface area contributed by atoms with E-state index in [2.05, 4.69) is 44.4 Å². The summed E-state index contributed by atoms with van der Waals surface area (Å²) in [6.45, 7) is 8.97. The first-order valence-corrected chi connectivity index (χ1v) is 10.2. The predicted octanol–water partition coefficient (Wildman–Crippen LogP) is 5.21. The molecular formula is C24H30N2O2. The van der Waals surface area contributed by atoms with Crippen molar-refractivity contribution in [3.63, 3.8) is 0 Å². The van der Waals surface area contributed by atoms with Gasteiger partial charge in [0.2, 0.25) is 5.91 Å². The summed E-state index contributed by atoms with van der Waals surface area (Å²) in [5.41, 5.74) is 4.81. The average Bonchev–Trinajstić information content (AvgIpc) is 3.51. The van der Waals surface area contributed by atoms with Gasteiger partial charge < -0.3 is 10.6 Å². The monoisotopic (exact) mass is 378 g/mol. The lowest BCUT2D eigenvalue weighted by Crippen LogP contribution is -2.24. The smallest absolute Gasteiger partial charge is 0.251 e. The van der Waals surface area contributed by atoms with Crippen molar-refractivity contribution < 1.29 is 9.59 Å². The van der Waals surface area contributed by atoms with E-state index in [9.17, 15) is 9.59 Å². The van der Waals surface area contributed by atoms with E-state index in [-0.39, 0.29) is 23.7 Å². The molecule has 4 nitrogen and oxygen atoms in total. The van der Waals surface area contributed by atoms with E-state index < -0.39 is 0 Å². The molecule has 2 N–H and O–H groups in total. The average molecular weight is 379 g/mol. The molecule has 148 valence electrons. The number of rotatable bonds is 7. The van der Waals surface area contributed by atoms with Crippen LogP contribution in [0.4, 0.5) is 5.69 Å². The zero-order valence-corrected chi connectivity index (χ0v) is 17.2. The third-order valence-electron chi connectivity index (χ3n) is 5.20. The normalized spacial score (nSPS) is 13.6. The Kier molecular flexibility index (Phi) is 6.18. The lowest BCUT2D eigenvalue weighted by atomic mass is 9.91. The van der Waals surface area contributed by atoms with Gasteiger partial charge in [0.25, 0.3) is 5.91 Å². The summed E-state index contributed by atoms with van der Waals surface area (Å²) in [7, 11) is 0. The summed E-state index contributed by atoms with van der Waals surface area (Å²) >= 11 is 0. The molecule has 2 amide bonds. The Morgan fingerprint density at radius 3 is 2.39 bits per heavy atom. The Morgan fingerprint density at radius 1 is 1.00 bits per heavy atom. The summed E-state index contributed by atoms with van der Waals surface area (Å²) in [5, 5.41) is 5.98. The maximum atomic E-state index is 12.8. The Hall–Kier alpha value is -2.62. The second kappa shape index (κ2) is 8.59. The SMILES string of the molecule is CC(C)c1ccc(C(=O)NCc2cccc(NC(=O)C3CC3)c2)c(C(C)C)c1. The van der Waals surface area contributed by atoms with Crippen molar-refractivity contribution in [1.29, 1.82) is 0 Å². The van der Waals surface area contributed by atoms with Gasteiger partial charge in [-0.05, 0) is 59.6 Å². The van der Waals surface area contributed by atoms with Crippen LogP contribution in [0.2, 0.25) is 0 Å². The Morgan fingerprint density at radius 2 is 1.75 bits per heavy atom. The lowest BCUT2D eigenvalue weighted by Gasteiger charge is -2.16. The maximum absolute atomic E-state index is 12.8. The first-order chi connectivity index (χ1) is 13.3. The number of hydrogen-bond donors (Lipinski definition) is 2. The van der Waals surface area contributed by atoms with Crippen LogP contribution in [-0.4, -0.2) is 11.8 Å². The number of nitrogens with one attached hydrogen (secondary N) is 2. The molecule has 0 aliphatic heterocycles. The minimum Gasteiger partial charge on any atom is -0.348 e. The van der Waals surface area contributed by atoms with Gasteiger partial charge in [0.15, 0.2) is 0 Å². The Balaban J connectivity index is 1.67. The van der Waals surface area contributed by atoms with E-state index in [4.69, 9.17) is 0 Å². The number of hydrogen-bond acceptors (Lipinski definition) is 2. The summed E-state index contributed by atoms with van der Waals surface area (Å²) in [4.78, 5) is 24.7. The fourth-order valence-corrected chi connectivity index (χ4v) is 3.25. The molecule has 2 aromatic carbocycles. The molecule has 1 aliphatic carbocycles. The number of benzene rings is 2. The third-order valence-corrected chi connectivity index (χ3v) is 5.20. The topological polar surface area (TPSA) is 58.2 Å². The quantitative estimate of drug-likeness (QED) is 0.695. The van der Waals surface area contributed by atoms with Crippen molar-refractivity contribution >= 4 is 17.5 Å². The van der Waals surface area contributed by atoms with Crippen LogP contribution < -0.4 is 10.6 Å². The van der Waals surface area contributed by atoms with Crippen LogP contribution in [-0.2, 0) is 11.3 Å².